The summed E-state index contributed by atoms with van der Waals surface area (Å²) in [6.07, 6.45) is -1.25. The second kappa shape index (κ2) is 18.3. The number of nitrogens with one attached hydrogen (secondary N) is 2. The van der Waals surface area contributed by atoms with Gasteiger partial charge in [0.1, 0.15) is 23.3 Å². The lowest BCUT2D eigenvalue weighted by atomic mass is 9.69. The van der Waals surface area contributed by atoms with Gasteiger partial charge in [0.25, 0.3) is 0 Å². The van der Waals surface area contributed by atoms with Gasteiger partial charge in [-0.1, -0.05) is 248 Å². The van der Waals surface area contributed by atoms with E-state index in [1.807, 2.05) is 13.8 Å². The highest BCUT2D eigenvalue weighted by Crippen LogP contribution is 2.52. The molecule has 9 aromatic rings. The van der Waals surface area contributed by atoms with Crippen LogP contribution in [0.5, 0.6) is 0 Å². The molecule has 0 unspecified atom stereocenters. The number of guanidine groups is 1. The van der Waals surface area contributed by atoms with Gasteiger partial charge in [0.2, 0.25) is 0 Å². The van der Waals surface area contributed by atoms with E-state index in [9.17, 15) is 0 Å². The number of aliphatic imine (C=N–C) groups is 1. The van der Waals surface area contributed by atoms with Crippen LogP contribution in [0.25, 0.3) is 44.5 Å². The van der Waals surface area contributed by atoms with Crippen molar-refractivity contribution in [3.8, 4) is 44.5 Å². The quantitative estimate of drug-likeness (QED) is 0.144. The molecule has 5 heteroatoms. The maximum atomic E-state index is 7.52. The van der Waals surface area contributed by atoms with Crippen LogP contribution in [-0.2, 0) is 27.1 Å². The van der Waals surface area contributed by atoms with Gasteiger partial charge in [-0.3, -0.25) is 0 Å². The normalized spacial score (nSPS) is 17.7. The number of aryl methyl sites for hydroxylation is 1. The van der Waals surface area contributed by atoms with Gasteiger partial charge in [0.05, 0.1) is 6.54 Å². The summed E-state index contributed by atoms with van der Waals surface area (Å²) in [5, 5.41) is 8.35. The fourth-order valence-corrected chi connectivity index (χ4v) is 10.4. The van der Waals surface area contributed by atoms with Gasteiger partial charge in [-0.2, -0.15) is 0 Å². The molecule has 2 atom stereocenters. The lowest BCUT2D eigenvalue weighted by Crippen LogP contribution is -2.58. The number of ether oxygens (including phenoxy) is 2. The summed E-state index contributed by atoms with van der Waals surface area (Å²) in [6, 6.07) is 86.6. The van der Waals surface area contributed by atoms with Crippen molar-refractivity contribution in [2.75, 3.05) is 0 Å². The molecule has 0 bridgehead atoms. The van der Waals surface area contributed by atoms with E-state index in [-0.39, 0.29) is 0 Å². The van der Waals surface area contributed by atoms with E-state index in [4.69, 9.17) is 14.5 Å². The topological polar surface area (TPSA) is 54.9 Å². The third-order valence-corrected chi connectivity index (χ3v) is 13.9. The summed E-state index contributed by atoms with van der Waals surface area (Å²) < 4.78 is 15.0. The van der Waals surface area contributed by atoms with Gasteiger partial charge in [0, 0.05) is 0 Å². The van der Waals surface area contributed by atoms with Crippen molar-refractivity contribution in [1.29, 1.82) is 0 Å². The van der Waals surface area contributed by atoms with Gasteiger partial charge >= 0.3 is 0 Å². The Hall–Kier alpha value is -7.83. The molecular weight excluding hydrogens is 843 g/mol. The summed E-state index contributed by atoms with van der Waals surface area (Å²) in [7, 11) is 0. The monoisotopic (exact) mass is 897 g/mol. The third-order valence-electron chi connectivity index (χ3n) is 13.9. The first-order valence-electron chi connectivity index (χ1n) is 23.9. The molecule has 0 spiro atoms. The minimum atomic E-state index is -1.04. The molecule has 2 fully saturated rings. The highest BCUT2D eigenvalue weighted by Gasteiger charge is 2.64. The minimum absolute atomic E-state index is 0.435. The molecule has 11 rings (SSSR count). The third kappa shape index (κ3) is 8.46. The molecule has 2 aliphatic heterocycles. The molecule has 5 nitrogen and oxygen atoms in total. The molecule has 2 saturated heterocycles. The fourth-order valence-electron chi connectivity index (χ4n) is 10.4. The molecule has 2 N–H and O–H groups in total. The average molecular weight is 898 g/mol. The lowest BCUT2D eigenvalue weighted by Gasteiger charge is -2.43. The van der Waals surface area contributed by atoms with Crippen molar-refractivity contribution >= 4 is 5.96 Å². The fraction of sp³-hybridized carbons (Fsp3) is 0.141. The van der Waals surface area contributed by atoms with Crippen molar-refractivity contribution in [3.05, 3.63) is 276 Å². The molecule has 0 aromatic heterocycles. The number of rotatable bonds is 10. The summed E-state index contributed by atoms with van der Waals surface area (Å²) in [5.41, 5.74) is 13.4. The molecule has 9 aromatic carbocycles. The highest BCUT2D eigenvalue weighted by atomic mass is 16.8. The van der Waals surface area contributed by atoms with Crippen LogP contribution in [0.4, 0.5) is 0 Å². The first-order chi connectivity index (χ1) is 33.8. The molecule has 338 valence electrons. The SMILES string of the molecule is Cc1ccc(CN=C2NC(c3ccc(-c4ccccc4)cc3)(c3ccc(-c4ccccc4)cc3)[C@@H]3OC(C)(C)O[C@H]3C(c3ccc(-c4ccccc4)cc3)(c3ccc(-c4ccccc4)cc3)N2)cc1. The molecule has 0 aliphatic carbocycles. The van der Waals surface area contributed by atoms with Crippen molar-refractivity contribution in [1.82, 2.24) is 10.6 Å². The molecule has 0 radical (unpaired) electrons. The number of hydrogen-bond donors (Lipinski definition) is 2. The van der Waals surface area contributed by atoms with Gasteiger partial charge in [0.15, 0.2) is 11.7 Å². The average Bonchev–Trinajstić information content (AvgIpc) is 3.70. The van der Waals surface area contributed by atoms with Crippen molar-refractivity contribution in [2.45, 2.75) is 56.4 Å². The van der Waals surface area contributed by atoms with E-state index in [1.54, 1.807) is 0 Å². The van der Waals surface area contributed by atoms with E-state index in [1.165, 1.54) is 5.56 Å². The Labute approximate surface area is 406 Å². The van der Waals surface area contributed by atoms with E-state index < -0.39 is 29.1 Å². The molecule has 2 aliphatic rings. The minimum Gasteiger partial charge on any atom is -0.341 e. The molecule has 2 heterocycles. The Morgan fingerprint density at radius 1 is 0.362 bits per heavy atom. The Balaban J connectivity index is 1.17. The van der Waals surface area contributed by atoms with Crippen LogP contribution >= 0.6 is 0 Å². The molecule has 0 amide bonds. The largest absolute Gasteiger partial charge is 0.341 e. The summed E-state index contributed by atoms with van der Waals surface area (Å²) in [4.78, 5) is 5.54. The van der Waals surface area contributed by atoms with Crippen LogP contribution in [0.2, 0.25) is 0 Å². The maximum absolute atomic E-state index is 7.52. The van der Waals surface area contributed by atoms with E-state index in [0.717, 1.165) is 72.3 Å². The van der Waals surface area contributed by atoms with Gasteiger partial charge < -0.3 is 20.1 Å². The highest BCUT2D eigenvalue weighted by molar-refractivity contribution is 5.85. The predicted molar refractivity (Wildman–Crippen MR) is 281 cm³/mol. The number of fused-ring (bicyclic) bond motifs is 1. The number of benzene rings is 9. The zero-order valence-electron chi connectivity index (χ0n) is 39.2. The number of hydrogen-bond acceptors (Lipinski definition) is 3. The summed E-state index contributed by atoms with van der Waals surface area (Å²) in [5.74, 6) is -0.373. The molecule has 0 saturated carbocycles. The van der Waals surface area contributed by atoms with Crippen LogP contribution in [0.1, 0.15) is 47.2 Å². The van der Waals surface area contributed by atoms with Crippen LogP contribution < -0.4 is 10.6 Å². The van der Waals surface area contributed by atoms with Crippen LogP contribution in [0.3, 0.4) is 0 Å². The summed E-state index contributed by atoms with van der Waals surface area (Å²) in [6.45, 7) is 6.63. The standard InChI is InChI=1S/C64H55N3O2/c1-45-24-26-46(27-25-45)44-65-61-66-63(55-36-28-51(29-37-55)47-16-8-4-9-17-47,56-38-30-52(31-39-56)48-18-10-5-11-19-48)59-60(69-62(2,3)68-59)64(67-61,57-40-32-53(33-41-57)49-20-12-6-13-21-49)58-42-34-54(35-43-58)50-22-14-7-15-23-50/h4-43,59-60H,44H2,1-3H3,(H2,65,66,67)/t59-,60-/m1/s1. The summed E-state index contributed by atoms with van der Waals surface area (Å²) >= 11 is 0. The van der Waals surface area contributed by atoms with Gasteiger partial charge in [-0.25, -0.2) is 4.99 Å². The molecular formula is C64H55N3O2. The maximum Gasteiger partial charge on any atom is 0.193 e. The second-order valence-electron chi connectivity index (χ2n) is 18.8. The van der Waals surface area contributed by atoms with Crippen molar-refractivity contribution in [3.63, 3.8) is 0 Å². The Bertz CT molecular complexity index is 2820. The Morgan fingerprint density at radius 2 is 0.638 bits per heavy atom. The Kier molecular flexibility index (Phi) is 11.6. The van der Waals surface area contributed by atoms with E-state index >= 15 is 0 Å². The van der Waals surface area contributed by atoms with Gasteiger partial charge in [-0.15, -0.1) is 0 Å². The smallest absolute Gasteiger partial charge is 0.193 e. The van der Waals surface area contributed by atoms with Crippen LogP contribution in [0, 0.1) is 6.92 Å². The predicted octanol–water partition coefficient (Wildman–Crippen LogP) is 14.1. The Morgan fingerprint density at radius 3 is 0.928 bits per heavy atom. The van der Waals surface area contributed by atoms with E-state index in [2.05, 4.69) is 260 Å². The first kappa shape index (κ1) is 43.7. The number of nitrogens with zero attached hydrogens (tertiary/aromatic N) is 1. The second-order valence-corrected chi connectivity index (χ2v) is 18.8. The van der Waals surface area contributed by atoms with E-state index in [0.29, 0.717) is 12.5 Å². The lowest BCUT2D eigenvalue weighted by molar-refractivity contribution is -0.156. The van der Waals surface area contributed by atoms with Gasteiger partial charge in [-0.05, 0) is 93.1 Å². The van der Waals surface area contributed by atoms with Crippen molar-refractivity contribution in [2.24, 2.45) is 4.99 Å². The zero-order valence-corrected chi connectivity index (χ0v) is 39.2. The van der Waals surface area contributed by atoms with Crippen molar-refractivity contribution < 1.29 is 9.47 Å². The first-order valence-corrected chi connectivity index (χ1v) is 23.9. The zero-order chi connectivity index (χ0) is 46.8. The molecule has 69 heavy (non-hydrogen) atoms. The van der Waals surface area contributed by atoms with Crippen LogP contribution in [-0.4, -0.2) is 24.0 Å². The van der Waals surface area contributed by atoms with Crippen LogP contribution in [0.15, 0.2) is 248 Å².